The van der Waals surface area contributed by atoms with E-state index in [1.54, 1.807) is 24.8 Å². The summed E-state index contributed by atoms with van der Waals surface area (Å²) in [5, 5.41) is 4.08. The fourth-order valence-electron chi connectivity index (χ4n) is 3.93. The number of benzene rings is 2. The Morgan fingerprint density at radius 2 is 1.73 bits per heavy atom. The van der Waals surface area contributed by atoms with Gasteiger partial charge < -0.3 is 14.5 Å². The van der Waals surface area contributed by atoms with Crippen LogP contribution < -0.4 is 14.5 Å². The number of aromatic nitrogens is 2. The molecule has 2 aromatic carbocycles. The molecule has 7 heteroatoms. The largest absolute Gasteiger partial charge is 0.497 e. The number of fused-ring (bicyclic) bond motifs is 1. The van der Waals surface area contributed by atoms with Crippen LogP contribution in [-0.4, -0.2) is 43.3 Å². The number of nitrogens with zero attached hydrogens (tertiary/aromatic N) is 4. The van der Waals surface area contributed by atoms with Crippen molar-refractivity contribution in [1.82, 2.24) is 9.97 Å². The van der Waals surface area contributed by atoms with E-state index >= 15 is 0 Å². The highest BCUT2D eigenvalue weighted by atomic mass is 35.5. The Morgan fingerprint density at radius 1 is 0.967 bits per heavy atom. The number of methoxy groups -OCH3 is 1. The van der Waals surface area contributed by atoms with Gasteiger partial charge in [0.05, 0.1) is 12.5 Å². The van der Waals surface area contributed by atoms with Crippen LogP contribution in [0, 0.1) is 0 Å². The first-order chi connectivity index (χ1) is 14.7. The van der Waals surface area contributed by atoms with Crippen LogP contribution >= 0.6 is 22.9 Å². The number of halogens is 1. The van der Waals surface area contributed by atoms with Gasteiger partial charge in [-0.25, -0.2) is 9.97 Å². The van der Waals surface area contributed by atoms with Gasteiger partial charge in [0.15, 0.2) is 0 Å². The maximum absolute atomic E-state index is 6.18. The monoisotopic (exact) mass is 436 g/mol. The van der Waals surface area contributed by atoms with Crippen LogP contribution in [0.2, 0.25) is 5.02 Å². The van der Waals surface area contributed by atoms with E-state index in [1.165, 1.54) is 11.3 Å². The van der Waals surface area contributed by atoms with Gasteiger partial charge in [-0.2, -0.15) is 0 Å². The minimum Gasteiger partial charge on any atom is -0.497 e. The van der Waals surface area contributed by atoms with Crippen LogP contribution in [0.4, 0.5) is 11.5 Å². The van der Waals surface area contributed by atoms with Gasteiger partial charge in [-0.15, -0.1) is 11.3 Å². The molecule has 0 saturated carbocycles. The van der Waals surface area contributed by atoms with Gasteiger partial charge in [-0.1, -0.05) is 29.8 Å². The molecule has 152 valence electrons. The standard InChI is InChI=1S/C23H21ClN4OS/c1-29-19-7-5-16(6-8-19)20-14-30-23-21(20)22(25-15-26-23)28-11-9-27(10-12-28)18-4-2-3-17(24)13-18/h2-8,13-15H,9-12H2,1H3. The third-order valence-corrected chi connectivity index (χ3v) is 6.63. The number of hydrogen-bond acceptors (Lipinski definition) is 6. The van der Waals surface area contributed by atoms with Crippen molar-refractivity contribution < 1.29 is 4.74 Å². The summed E-state index contributed by atoms with van der Waals surface area (Å²) in [6, 6.07) is 16.2. The van der Waals surface area contributed by atoms with E-state index in [0.717, 1.165) is 58.5 Å². The second kappa shape index (κ2) is 8.13. The highest BCUT2D eigenvalue weighted by Gasteiger charge is 2.22. The average molecular weight is 437 g/mol. The summed E-state index contributed by atoms with van der Waals surface area (Å²) in [4.78, 5) is 15.0. The smallest absolute Gasteiger partial charge is 0.141 e. The minimum atomic E-state index is 0.773. The van der Waals surface area contributed by atoms with Gasteiger partial charge >= 0.3 is 0 Å². The average Bonchev–Trinajstić information content (AvgIpc) is 3.24. The van der Waals surface area contributed by atoms with Crippen LogP contribution in [0.25, 0.3) is 21.3 Å². The molecule has 2 aromatic heterocycles. The summed E-state index contributed by atoms with van der Waals surface area (Å²) in [6.45, 7) is 3.65. The molecule has 0 amide bonds. The molecule has 5 nitrogen and oxygen atoms in total. The molecule has 30 heavy (non-hydrogen) atoms. The molecule has 0 unspecified atom stereocenters. The lowest BCUT2D eigenvalue weighted by Crippen LogP contribution is -2.46. The van der Waals surface area contributed by atoms with E-state index in [9.17, 15) is 0 Å². The van der Waals surface area contributed by atoms with Crippen molar-refractivity contribution >= 4 is 44.7 Å². The van der Waals surface area contributed by atoms with Crippen LogP contribution in [0.15, 0.2) is 60.2 Å². The van der Waals surface area contributed by atoms with E-state index in [2.05, 4.69) is 38.4 Å². The molecule has 1 aliphatic rings. The first kappa shape index (κ1) is 19.2. The Kier molecular flexibility index (Phi) is 5.19. The van der Waals surface area contributed by atoms with Gasteiger partial charge in [-0.3, -0.25) is 0 Å². The Hall–Kier alpha value is -2.83. The van der Waals surface area contributed by atoms with Crippen molar-refractivity contribution in [2.45, 2.75) is 0 Å². The summed E-state index contributed by atoms with van der Waals surface area (Å²) in [7, 11) is 1.68. The Morgan fingerprint density at radius 3 is 2.47 bits per heavy atom. The van der Waals surface area contributed by atoms with E-state index in [4.69, 9.17) is 21.3 Å². The predicted molar refractivity (Wildman–Crippen MR) is 125 cm³/mol. The lowest BCUT2D eigenvalue weighted by Gasteiger charge is -2.37. The second-order valence-corrected chi connectivity index (χ2v) is 8.50. The van der Waals surface area contributed by atoms with Crippen LogP contribution in [-0.2, 0) is 0 Å². The molecular weight excluding hydrogens is 416 g/mol. The van der Waals surface area contributed by atoms with E-state index in [-0.39, 0.29) is 0 Å². The summed E-state index contributed by atoms with van der Waals surface area (Å²) >= 11 is 7.84. The zero-order valence-electron chi connectivity index (χ0n) is 16.6. The molecule has 1 saturated heterocycles. The molecule has 5 rings (SSSR count). The molecule has 1 aliphatic heterocycles. The van der Waals surface area contributed by atoms with Crippen molar-refractivity contribution in [3.05, 3.63) is 65.3 Å². The number of piperazine rings is 1. The van der Waals surface area contributed by atoms with Gasteiger partial charge in [0.25, 0.3) is 0 Å². The zero-order chi connectivity index (χ0) is 20.5. The highest BCUT2D eigenvalue weighted by Crippen LogP contribution is 2.38. The van der Waals surface area contributed by atoms with Crippen LogP contribution in [0.3, 0.4) is 0 Å². The van der Waals surface area contributed by atoms with Gasteiger partial charge in [0, 0.05) is 47.8 Å². The van der Waals surface area contributed by atoms with Crippen LogP contribution in [0.5, 0.6) is 5.75 Å². The van der Waals surface area contributed by atoms with E-state index in [0.29, 0.717) is 0 Å². The van der Waals surface area contributed by atoms with E-state index < -0.39 is 0 Å². The highest BCUT2D eigenvalue weighted by molar-refractivity contribution is 7.17. The molecule has 0 aliphatic carbocycles. The van der Waals surface area contributed by atoms with Crippen molar-refractivity contribution in [3.63, 3.8) is 0 Å². The van der Waals surface area contributed by atoms with Gasteiger partial charge in [0.1, 0.15) is 22.7 Å². The fraction of sp³-hybridized carbons (Fsp3) is 0.217. The fourth-order valence-corrected chi connectivity index (χ4v) is 5.03. The van der Waals surface area contributed by atoms with Crippen molar-refractivity contribution in [1.29, 1.82) is 0 Å². The third kappa shape index (κ3) is 3.57. The predicted octanol–water partition coefficient (Wildman–Crippen LogP) is 5.35. The van der Waals surface area contributed by atoms with Gasteiger partial charge in [-0.05, 0) is 35.9 Å². The SMILES string of the molecule is COc1ccc(-c2csc3ncnc(N4CCN(c5cccc(Cl)c5)CC4)c23)cc1. The normalized spacial score (nSPS) is 14.3. The topological polar surface area (TPSA) is 41.5 Å². The van der Waals surface area contributed by atoms with E-state index in [1.807, 2.05) is 30.3 Å². The summed E-state index contributed by atoms with van der Waals surface area (Å²) in [6.07, 6.45) is 1.68. The Balaban J connectivity index is 1.44. The Labute approximate surface area is 184 Å². The van der Waals surface area contributed by atoms with Crippen LogP contribution in [0.1, 0.15) is 0 Å². The quantitative estimate of drug-likeness (QED) is 0.431. The minimum absolute atomic E-state index is 0.773. The lowest BCUT2D eigenvalue weighted by atomic mass is 10.1. The molecule has 0 bridgehead atoms. The maximum Gasteiger partial charge on any atom is 0.141 e. The number of ether oxygens (including phenoxy) is 1. The lowest BCUT2D eigenvalue weighted by molar-refractivity contribution is 0.415. The third-order valence-electron chi connectivity index (χ3n) is 5.50. The summed E-state index contributed by atoms with van der Waals surface area (Å²) in [5.74, 6) is 1.87. The number of anilines is 2. The molecule has 4 aromatic rings. The maximum atomic E-state index is 6.18. The molecular formula is C23H21ClN4OS. The number of hydrogen-bond donors (Lipinski definition) is 0. The first-order valence-corrected chi connectivity index (χ1v) is 11.1. The number of thiophene rings is 1. The molecule has 0 radical (unpaired) electrons. The van der Waals surface area contributed by atoms with Crippen molar-refractivity contribution in [3.8, 4) is 16.9 Å². The second-order valence-electron chi connectivity index (χ2n) is 7.21. The summed E-state index contributed by atoms with van der Waals surface area (Å²) < 4.78 is 5.30. The molecule has 0 N–H and O–H groups in total. The van der Waals surface area contributed by atoms with Crippen molar-refractivity contribution in [2.24, 2.45) is 0 Å². The first-order valence-electron chi connectivity index (χ1n) is 9.85. The molecule has 1 fully saturated rings. The van der Waals surface area contributed by atoms with Crippen molar-refractivity contribution in [2.75, 3.05) is 43.1 Å². The molecule has 0 atom stereocenters. The zero-order valence-corrected chi connectivity index (χ0v) is 18.2. The van der Waals surface area contributed by atoms with Gasteiger partial charge in [0.2, 0.25) is 0 Å². The summed E-state index contributed by atoms with van der Waals surface area (Å²) in [5.41, 5.74) is 3.49. The number of rotatable bonds is 4. The molecule has 3 heterocycles. The Bertz CT molecular complexity index is 1170. The molecule has 0 spiro atoms.